The van der Waals surface area contributed by atoms with Crippen LogP contribution in [0.2, 0.25) is 0 Å². The molecule has 0 bridgehead atoms. The number of benzene rings is 1. The molecule has 1 aliphatic heterocycles. The fraction of sp³-hybridized carbons (Fsp3) is 0.545. The third kappa shape index (κ3) is 4.27. The highest BCUT2D eigenvalue weighted by Crippen LogP contribution is 2.39. The van der Waals surface area contributed by atoms with E-state index in [1.54, 1.807) is 0 Å². The van der Waals surface area contributed by atoms with Crippen LogP contribution in [0.25, 0.3) is 0 Å². The van der Waals surface area contributed by atoms with Gasteiger partial charge in [0.25, 0.3) is 5.91 Å². The molecule has 1 aliphatic carbocycles. The summed E-state index contributed by atoms with van der Waals surface area (Å²) in [5.74, 6) is 0.793. The summed E-state index contributed by atoms with van der Waals surface area (Å²) in [6.45, 7) is 7.56. The second-order valence-electron chi connectivity index (χ2n) is 8.50. The van der Waals surface area contributed by atoms with E-state index in [1.807, 2.05) is 23.1 Å². The molecule has 28 heavy (non-hydrogen) atoms. The fourth-order valence-corrected chi connectivity index (χ4v) is 4.11. The Morgan fingerprint density at radius 1 is 1.25 bits per heavy atom. The molecule has 0 unspecified atom stereocenters. The van der Waals surface area contributed by atoms with Crippen molar-refractivity contribution in [2.75, 3.05) is 19.6 Å². The number of carbonyl (C=O) groups excluding carboxylic acids is 1. The van der Waals surface area contributed by atoms with Crippen LogP contribution < -0.4 is 0 Å². The summed E-state index contributed by atoms with van der Waals surface area (Å²) >= 11 is 0. The zero-order valence-electron chi connectivity index (χ0n) is 16.7. The van der Waals surface area contributed by atoms with Crippen molar-refractivity contribution in [1.82, 2.24) is 20.0 Å². The molecule has 6 heteroatoms. The van der Waals surface area contributed by atoms with Crippen LogP contribution in [0.15, 0.2) is 30.3 Å². The second kappa shape index (κ2) is 8.03. The number of hydrogen-bond acceptors (Lipinski definition) is 3. The minimum Gasteiger partial charge on any atom is -0.336 e. The SMILES string of the molecule is CC(C)[C@H]1CN(C(=O)c2cc(C3CC3)[nH]n2)CCCN1Cc1ccc(F)cc1. The van der Waals surface area contributed by atoms with Gasteiger partial charge in [-0.25, -0.2) is 4.39 Å². The van der Waals surface area contributed by atoms with Gasteiger partial charge in [-0.05, 0) is 48.9 Å². The number of rotatable bonds is 5. The predicted octanol–water partition coefficient (Wildman–Crippen LogP) is 3.80. The molecule has 2 heterocycles. The number of H-pyrrole nitrogens is 1. The van der Waals surface area contributed by atoms with Crippen molar-refractivity contribution in [2.24, 2.45) is 5.92 Å². The molecule has 1 saturated carbocycles. The van der Waals surface area contributed by atoms with Crippen LogP contribution in [0.3, 0.4) is 0 Å². The standard InChI is InChI=1S/C22H29FN4O/c1-15(2)21-14-27(22(28)20-12-19(24-25-20)17-6-7-17)11-3-10-26(21)13-16-4-8-18(23)9-5-16/h4-5,8-9,12,15,17,21H,3,6-7,10-11,13-14H2,1-2H3,(H,24,25)/t21-/m1/s1. The first-order valence-corrected chi connectivity index (χ1v) is 10.3. The molecule has 2 aromatic rings. The van der Waals surface area contributed by atoms with E-state index in [0.717, 1.165) is 37.3 Å². The number of aromatic nitrogens is 2. The molecule has 1 aromatic heterocycles. The normalized spacial score (nSPS) is 21.1. The lowest BCUT2D eigenvalue weighted by atomic mass is 10.0. The maximum Gasteiger partial charge on any atom is 0.274 e. The Bertz CT molecular complexity index is 812. The summed E-state index contributed by atoms with van der Waals surface area (Å²) in [6.07, 6.45) is 3.30. The van der Waals surface area contributed by atoms with E-state index < -0.39 is 0 Å². The van der Waals surface area contributed by atoms with Gasteiger partial charge in [0.05, 0.1) is 0 Å². The third-order valence-electron chi connectivity index (χ3n) is 5.94. The Hall–Kier alpha value is -2.21. The summed E-state index contributed by atoms with van der Waals surface area (Å²) in [4.78, 5) is 17.5. The number of halogens is 1. The lowest BCUT2D eigenvalue weighted by Crippen LogP contribution is -2.45. The first-order valence-electron chi connectivity index (χ1n) is 10.3. The zero-order chi connectivity index (χ0) is 19.7. The molecule has 1 amide bonds. The molecule has 4 rings (SSSR count). The Balaban J connectivity index is 1.47. The van der Waals surface area contributed by atoms with Crippen molar-refractivity contribution >= 4 is 5.91 Å². The summed E-state index contributed by atoms with van der Waals surface area (Å²) < 4.78 is 13.2. The molecule has 150 valence electrons. The minimum atomic E-state index is -0.207. The summed E-state index contributed by atoms with van der Waals surface area (Å²) in [6, 6.07) is 8.93. The predicted molar refractivity (Wildman–Crippen MR) is 107 cm³/mol. The lowest BCUT2D eigenvalue weighted by Gasteiger charge is -2.34. The maximum atomic E-state index is 13.2. The van der Waals surface area contributed by atoms with Gasteiger partial charge in [0, 0.05) is 43.8 Å². The molecule has 1 N–H and O–H groups in total. The van der Waals surface area contributed by atoms with Crippen molar-refractivity contribution in [1.29, 1.82) is 0 Å². The Labute approximate surface area is 165 Å². The van der Waals surface area contributed by atoms with Crippen LogP contribution in [-0.2, 0) is 6.54 Å². The van der Waals surface area contributed by atoms with Crippen LogP contribution in [0, 0.1) is 11.7 Å². The molecule has 2 aliphatic rings. The molecular formula is C22H29FN4O. The molecular weight excluding hydrogens is 355 g/mol. The van der Waals surface area contributed by atoms with Crippen molar-refractivity contribution < 1.29 is 9.18 Å². The van der Waals surface area contributed by atoms with Crippen LogP contribution in [0.4, 0.5) is 4.39 Å². The maximum absolute atomic E-state index is 13.2. The van der Waals surface area contributed by atoms with E-state index in [9.17, 15) is 9.18 Å². The van der Waals surface area contributed by atoms with Gasteiger partial charge in [-0.3, -0.25) is 14.8 Å². The van der Waals surface area contributed by atoms with Gasteiger partial charge in [0.2, 0.25) is 0 Å². The van der Waals surface area contributed by atoms with Crippen molar-refractivity contribution in [2.45, 2.75) is 51.6 Å². The first-order chi connectivity index (χ1) is 13.5. The van der Waals surface area contributed by atoms with E-state index >= 15 is 0 Å². The van der Waals surface area contributed by atoms with Crippen molar-refractivity contribution in [3.63, 3.8) is 0 Å². The average molecular weight is 384 g/mol. The number of nitrogens with one attached hydrogen (secondary N) is 1. The largest absolute Gasteiger partial charge is 0.336 e. The average Bonchev–Trinajstić information content (AvgIpc) is 3.45. The fourth-order valence-electron chi connectivity index (χ4n) is 4.11. The summed E-state index contributed by atoms with van der Waals surface area (Å²) in [7, 11) is 0. The van der Waals surface area contributed by atoms with Crippen molar-refractivity contribution in [3.8, 4) is 0 Å². The molecule has 0 spiro atoms. The molecule has 1 saturated heterocycles. The Morgan fingerprint density at radius 3 is 2.68 bits per heavy atom. The smallest absolute Gasteiger partial charge is 0.274 e. The number of carbonyl (C=O) groups is 1. The second-order valence-corrected chi connectivity index (χ2v) is 8.50. The van der Waals surface area contributed by atoms with Gasteiger partial charge in [-0.15, -0.1) is 0 Å². The number of hydrogen-bond donors (Lipinski definition) is 1. The molecule has 2 fully saturated rings. The van der Waals surface area contributed by atoms with Gasteiger partial charge >= 0.3 is 0 Å². The van der Waals surface area contributed by atoms with Gasteiger partial charge in [0.15, 0.2) is 0 Å². The van der Waals surface area contributed by atoms with E-state index in [0.29, 0.717) is 24.1 Å². The van der Waals surface area contributed by atoms with E-state index in [-0.39, 0.29) is 17.8 Å². The monoisotopic (exact) mass is 384 g/mol. The summed E-state index contributed by atoms with van der Waals surface area (Å²) in [5.41, 5.74) is 2.74. The van der Waals surface area contributed by atoms with Crippen molar-refractivity contribution in [3.05, 3.63) is 53.1 Å². The highest BCUT2D eigenvalue weighted by atomic mass is 19.1. The Morgan fingerprint density at radius 2 is 2.00 bits per heavy atom. The van der Waals surface area contributed by atoms with Gasteiger partial charge in [-0.1, -0.05) is 26.0 Å². The van der Waals surface area contributed by atoms with Crippen LogP contribution >= 0.6 is 0 Å². The first kappa shape index (κ1) is 19.1. The molecule has 0 radical (unpaired) electrons. The van der Waals surface area contributed by atoms with E-state index in [1.165, 1.54) is 25.0 Å². The number of aromatic amines is 1. The van der Waals surface area contributed by atoms with Gasteiger partial charge in [-0.2, -0.15) is 5.10 Å². The molecule has 1 aromatic carbocycles. The zero-order valence-corrected chi connectivity index (χ0v) is 16.7. The van der Waals surface area contributed by atoms with E-state index in [2.05, 4.69) is 28.9 Å². The summed E-state index contributed by atoms with van der Waals surface area (Å²) in [5, 5.41) is 7.33. The molecule has 1 atom stereocenters. The number of amides is 1. The third-order valence-corrected chi connectivity index (χ3v) is 5.94. The lowest BCUT2D eigenvalue weighted by molar-refractivity contribution is 0.0696. The van der Waals surface area contributed by atoms with Crippen LogP contribution in [0.1, 0.15) is 60.8 Å². The van der Waals surface area contributed by atoms with Crippen LogP contribution in [0.5, 0.6) is 0 Å². The Kier molecular flexibility index (Phi) is 5.49. The van der Waals surface area contributed by atoms with Crippen LogP contribution in [-0.4, -0.2) is 51.6 Å². The van der Waals surface area contributed by atoms with E-state index in [4.69, 9.17) is 0 Å². The van der Waals surface area contributed by atoms with Gasteiger partial charge in [0.1, 0.15) is 11.5 Å². The highest BCUT2D eigenvalue weighted by molar-refractivity contribution is 5.92. The topological polar surface area (TPSA) is 52.2 Å². The van der Waals surface area contributed by atoms with Gasteiger partial charge < -0.3 is 4.90 Å². The quantitative estimate of drug-likeness (QED) is 0.853. The number of nitrogens with zero attached hydrogens (tertiary/aromatic N) is 3. The molecule has 5 nitrogen and oxygen atoms in total. The minimum absolute atomic E-state index is 0.0254. The highest BCUT2D eigenvalue weighted by Gasteiger charge is 2.32.